The zero-order valence-electron chi connectivity index (χ0n) is 14.6. The van der Waals surface area contributed by atoms with Crippen LogP contribution in [-0.2, 0) is 15.9 Å². The van der Waals surface area contributed by atoms with Crippen molar-refractivity contribution in [1.82, 2.24) is 4.98 Å². The summed E-state index contributed by atoms with van der Waals surface area (Å²) in [5.41, 5.74) is 2.63. The smallest absolute Gasteiger partial charge is 0.243 e. The normalized spacial score (nSPS) is 11.9. The maximum absolute atomic E-state index is 11.9. The quantitative estimate of drug-likeness (QED) is 0.450. The molecular weight excluding hydrogens is 386 g/mol. The third kappa shape index (κ3) is 5.13. The first-order valence-corrected chi connectivity index (χ1v) is 9.50. The van der Waals surface area contributed by atoms with Crippen molar-refractivity contribution in [2.75, 3.05) is 0 Å². The van der Waals surface area contributed by atoms with E-state index in [1.165, 1.54) is 18.3 Å². The molecule has 9 heteroatoms. The Morgan fingerprint density at radius 2 is 1.89 bits per heavy atom. The molecule has 1 atom stereocenters. The van der Waals surface area contributed by atoms with E-state index in [1.807, 2.05) is 31.2 Å². The van der Waals surface area contributed by atoms with Crippen LogP contribution in [0.15, 0.2) is 64.2 Å². The predicted molar refractivity (Wildman–Crippen MR) is 107 cm³/mol. The average molecular weight is 403 g/mol. The van der Waals surface area contributed by atoms with Crippen molar-refractivity contribution >= 4 is 49.2 Å². The fourth-order valence-electron chi connectivity index (χ4n) is 1.95. The molecule has 0 saturated heterocycles. The number of aromatic nitrogens is 1. The number of ketones is 1. The van der Waals surface area contributed by atoms with Gasteiger partial charge in [-0.2, -0.15) is 0 Å². The first kappa shape index (κ1) is 20.6. The first-order chi connectivity index (χ1) is 12.4. The number of fused-ring (bicyclic) bond motifs is 1. The lowest BCUT2D eigenvalue weighted by atomic mass is 10.2. The Morgan fingerprint density at radius 1 is 1.19 bits per heavy atom. The van der Waals surface area contributed by atoms with Gasteiger partial charge in [0.15, 0.2) is 5.78 Å². The number of rotatable bonds is 6. The Balaban J connectivity index is 0.00000261. The maximum atomic E-state index is 11.9. The fraction of sp³-hybridized carbons (Fsp3) is 0.111. The Bertz CT molecular complexity index is 1040. The Labute approximate surface area is 162 Å². The molecule has 0 aliphatic heterocycles. The van der Waals surface area contributed by atoms with E-state index in [9.17, 15) is 9.00 Å². The van der Waals surface area contributed by atoms with Crippen LogP contribution in [0.3, 0.4) is 0 Å². The molecule has 0 amide bonds. The topological polar surface area (TPSA) is 112 Å². The van der Waals surface area contributed by atoms with Gasteiger partial charge < -0.3 is 9.66 Å². The standard InChI is InChI=1S/C18H15N3O3S2.H2O/c1-11-4-6-14(7-5-11)20-21-18-19-16-9-8-15(10-17(16)25-18)24-26(23)13(3)12(2)22;/h4-10H,3H2,1-2H3;1H2. The van der Waals surface area contributed by atoms with Crippen LogP contribution in [-0.4, -0.2) is 20.5 Å². The number of nitrogens with zero attached hydrogens (tertiary/aromatic N) is 3. The second-order valence-electron chi connectivity index (χ2n) is 5.46. The number of aryl methyl sites for hydroxylation is 1. The van der Waals surface area contributed by atoms with Crippen molar-refractivity contribution in [2.24, 2.45) is 10.2 Å². The minimum atomic E-state index is -1.91. The van der Waals surface area contributed by atoms with E-state index in [0.717, 1.165) is 21.5 Å². The zero-order chi connectivity index (χ0) is 18.7. The van der Waals surface area contributed by atoms with Crippen LogP contribution in [0.5, 0.6) is 5.75 Å². The molecule has 140 valence electrons. The summed E-state index contributed by atoms with van der Waals surface area (Å²) in [6.07, 6.45) is 0. The minimum absolute atomic E-state index is 0. The number of hydrogen-bond donors (Lipinski definition) is 0. The van der Waals surface area contributed by atoms with Crippen LogP contribution in [0.1, 0.15) is 12.5 Å². The summed E-state index contributed by atoms with van der Waals surface area (Å²) in [5.74, 6) is -0.00934. The number of benzene rings is 2. The van der Waals surface area contributed by atoms with Gasteiger partial charge in [-0.15, -0.1) is 10.2 Å². The lowest BCUT2D eigenvalue weighted by molar-refractivity contribution is -0.113. The highest BCUT2D eigenvalue weighted by Crippen LogP contribution is 2.32. The summed E-state index contributed by atoms with van der Waals surface area (Å²) in [4.78, 5) is 15.5. The van der Waals surface area contributed by atoms with Crippen molar-refractivity contribution in [3.05, 3.63) is 59.5 Å². The molecule has 2 aromatic carbocycles. The van der Waals surface area contributed by atoms with Gasteiger partial charge in [-0.1, -0.05) is 35.6 Å². The van der Waals surface area contributed by atoms with Gasteiger partial charge in [-0.3, -0.25) is 4.79 Å². The second kappa shape index (κ2) is 8.76. The van der Waals surface area contributed by atoms with E-state index >= 15 is 0 Å². The predicted octanol–water partition coefficient (Wildman–Crippen LogP) is 4.34. The summed E-state index contributed by atoms with van der Waals surface area (Å²) < 4.78 is 18.0. The molecule has 0 fully saturated rings. The van der Waals surface area contributed by atoms with Crippen molar-refractivity contribution < 1.29 is 18.7 Å². The highest BCUT2D eigenvalue weighted by atomic mass is 32.2. The summed E-state index contributed by atoms with van der Waals surface area (Å²) >= 11 is -0.578. The SMILES string of the molecule is C=C(C(C)=O)S(=O)Oc1ccc2nc(N=Nc3ccc(C)cc3)sc2c1.O. The van der Waals surface area contributed by atoms with Crippen LogP contribution < -0.4 is 4.18 Å². The molecule has 0 spiro atoms. The summed E-state index contributed by atoms with van der Waals surface area (Å²) in [5, 5.41) is 8.83. The molecule has 1 unspecified atom stereocenters. The molecule has 0 aliphatic carbocycles. The molecular formula is C18H17N3O4S2. The van der Waals surface area contributed by atoms with Crippen LogP contribution in [0.25, 0.3) is 10.2 Å². The maximum Gasteiger partial charge on any atom is 0.243 e. The van der Waals surface area contributed by atoms with Crippen molar-refractivity contribution in [1.29, 1.82) is 0 Å². The van der Waals surface area contributed by atoms with Gasteiger partial charge in [0.2, 0.25) is 16.2 Å². The Morgan fingerprint density at radius 3 is 2.56 bits per heavy atom. The van der Waals surface area contributed by atoms with E-state index in [0.29, 0.717) is 10.9 Å². The monoisotopic (exact) mass is 403 g/mol. The van der Waals surface area contributed by atoms with Gasteiger partial charge in [0, 0.05) is 6.07 Å². The highest BCUT2D eigenvalue weighted by Gasteiger charge is 2.13. The lowest BCUT2D eigenvalue weighted by Crippen LogP contribution is -2.08. The van der Waals surface area contributed by atoms with E-state index in [2.05, 4.69) is 21.8 Å². The van der Waals surface area contributed by atoms with E-state index in [-0.39, 0.29) is 16.2 Å². The Hall–Kier alpha value is -2.75. The zero-order valence-corrected chi connectivity index (χ0v) is 16.3. The molecule has 1 aromatic heterocycles. The van der Waals surface area contributed by atoms with Crippen molar-refractivity contribution in [2.45, 2.75) is 13.8 Å². The van der Waals surface area contributed by atoms with Crippen LogP contribution in [0, 0.1) is 6.92 Å². The number of hydrogen-bond acceptors (Lipinski definition) is 7. The number of thiazole rings is 1. The molecule has 0 bridgehead atoms. The van der Waals surface area contributed by atoms with E-state index in [1.54, 1.807) is 18.2 Å². The molecule has 0 radical (unpaired) electrons. The van der Waals surface area contributed by atoms with Gasteiger partial charge >= 0.3 is 0 Å². The van der Waals surface area contributed by atoms with Gasteiger partial charge in [-0.05, 0) is 38.1 Å². The van der Waals surface area contributed by atoms with E-state index < -0.39 is 11.1 Å². The molecule has 27 heavy (non-hydrogen) atoms. The van der Waals surface area contributed by atoms with Gasteiger partial charge in [-0.25, -0.2) is 9.19 Å². The lowest BCUT2D eigenvalue weighted by Gasteiger charge is -2.04. The second-order valence-corrected chi connectivity index (χ2v) is 7.60. The number of azo groups is 1. The fourth-order valence-corrected chi connectivity index (χ4v) is 3.38. The molecule has 2 N–H and O–H groups in total. The number of allylic oxidation sites excluding steroid dienone is 1. The van der Waals surface area contributed by atoms with Crippen LogP contribution in [0.4, 0.5) is 10.8 Å². The third-order valence-electron chi connectivity index (χ3n) is 3.40. The third-order valence-corrected chi connectivity index (χ3v) is 5.34. The molecule has 0 aliphatic rings. The molecule has 3 aromatic rings. The van der Waals surface area contributed by atoms with Crippen molar-refractivity contribution in [3.63, 3.8) is 0 Å². The van der Waals surface area contributed by atoms with Crippen LogP contribution in [0.2, 0.25) is 0 Å². The molecule has 3 rings (SSSR count). The highest BCUT2D eigenvalue weighted by molar-refractivity contribution is 7.85. The molecule has 7 nitrogen and oxygen atoms in total. The summed E-state index contributed by atoms with van der Waals surface area (Å²) in [6, 6.07) is 12.8. The Kier molecular flexibility index (Phi) is 6.67. The number of carbonyl (C=O) groups is 1. The first-order valence-electron chi connectivity index (χ1n) is 7.61. The molecule has 1 heterocycles. The summed E-state index contributed by atoms with van der Waals surface area (Å²) in [6.45, 7) is 6.76. The van der Waals surface area contributed by atoms with Gasteiger partial charge in [0.25, 0.3) is 0 Å². The molecule has 0 saturated carbocycles. The van der Waals surface area contributed by atoms with Crippen molar-refractivity contribution in [3.8, 4) is 5.75 Å². The van der Waals surface area contributed by atoms with Gasteiger partial charge in [0.1, 0.15) is 10.7 Å². The van der Waals surface area contributed by atoms with Crippen LogP contribution >= 0.6 is 11.3 Å². The minimum Gasteiger partial charge on any atom is -0.412 e. The van der Waals surface area contributed by atoms with E-state index in [4.69, 9.17) is 4.18 Å². The number of carbonyl (C=O) groups excluding carboxylic acids is 1. The average Bonchev–Trinajstić information content (AvgIpc) is 3.02. The van der Waals surface area contributed by atoms with Gasteiger partial charge in [0.05, 0.1) is 15.9 Å². The summed E-state index contributed by atoms with van der Waals surface area (Å²) in [7, 11) is 0. The largest absolute Gasteiger partial charge is 0.412 e. The number of Topliss-reactive ketones (excluding diaryl/α,β-unsaturated/α-hetero) is 1.